The number of nitrogens with zero attached hydrogens (tertiary/aromatic N) is 4. The van der Waals surface area contributed by atoms with E-state index in [2.05, 4.69) is 29.0 Å². The highest BCUT2D eigenvalue weighted by molar-refractivity contribution is 14.1. The number of rotatable bonds is 5. The molecule has 0 saturated carbocycles. The van der Waals surface area contributed by atoms with Crippen molar-refractivity contribution >= 4 is 34.2 Å². The Balaban J connectivity index is 0.000000307. The van der Waals surface area contributed by atoms with E-state index in [1.165, 1.54) is 17.0 Å². The molecule has 1 aromatic heterocycles. The van der Waals surface area contributed by atoms with E-state index in [0.29, 0.717) is 16.2 Å². The van der Waals surface area contributed by atoms with Crippen LogP contribution in [0.25, 0.3) is 5.69 Å². The van der Waals surface area contributed by atoms with Crippen LogP contribution in [0.4, 0.5) is 4.39 Å². The van der Waals surface area contributed by atoms with Gasteiger partial charge in [0.2, 0.25) is 0 Å². The smallest absolute Gasteiger partial charge is 0.172 e. The molecule has 0 aliphatic carbocycles. The SMILES string of the molecule is CC(C)CCON=O.N#Cc1ncn(-c2cccc(Cl)c2F)c1I. The van der Waals surface area contributed by atoms with Gasteiger partial charge in [-0.3, -0.25) is 4.57 Å². The van der Waals surface area contributed by atoms with E-state index in [-0.39, 0.29) is 16.4 Å². The maximum atomic E-state index is 13.7. The lowest BCUT2D eigenvalue weighted by Crippen LogP contribution is -1.99. The molecule has 0 saturated heterocycles. The molecule has 0 N–H and O–H groups in total. The summed E-state index contributed by atoms with van der Waals surface area (Å²) in [6, 6.07) is 6.61. The van der Waals surface area contributed by atoms with Crippen molar-refractivity contribution < 1.29 is 9.23 Å². The summed E-state index contributed by atoms with van der Waals surface area (Å²) in [6.07, 6.45) is 2.29. The summed E-state index contributed by atoms with van der Waals surface area (Å²) < 4.78 is 15.8. The molecule has 2 aromatic rings. The second kappa shape index (κ2) is 10.2. The molecule has 0 fully saturated rings. The van der Waals surface area contributed by atoms with Crippen LogP contribution in [0.15, 0.2) is 29.9 Å². The zero-order valence-electron chi connectivity index (χ0n) is 13.0. The average Bonchev–Trinajstić information content (AvgIpc) is 2.91. The Morgan fingerprint density at radius 2 is 2.25 bits per heavy atom. The molecule has 0 aliphatic rings. The van der Waals surface area contributed by atoms with Gasteiger partial charge in [0.1, 0.15) is 22.7 Å². The van der Waals surface area contributed by atoms with E-state index in [1.807, 2.05) is 28.7 Å². The van der Waals surface area contributed by atoms with Gasteiger partial charge in [0.05, 0.1) is 10.7 Å². The quantitative estimate of drug-likeness (QED) is 0.274. The van der Waals surface area contributed by atoms with Crippen molar-refractivity contribution in [1.29, 1.82) is 5.26 Å². The van der Waals surface area contributed by atoms with E-state index in [9.17, 15) is 9.30 Å². The first-order valence-corrected chi connectivity index (χ1v) is 8.40. The van der Waals surface area contributed by atoms with Gasteiger partial charge in [-0.2, -0.15) is 5.26 Å². The largest absolute Gasteiger partial charge is 0.364 e. The standard InChI is InChI=1S/C10H4ClFIN3.C5H11NO2/c11-6-2-1-3-8(9(6)12)16-5-15-7(4-14)10(16)13;1-5(2)3-4-8-6-7/h1-3,5H;5H,3-4H2,1-2H3. The van der Waals surface area contributed by atoms with Crippen LogP contribution in [-0.4, -0.2) is 16.2 Å². The molecule has 1 aromatic carbocycles. The lowest BCUT2D eigenvalue weighted by molar-refractivity contribution is 0.128. The summed E-state index contributed by atoms with van der Waals surface area (Å²) in [5.41, 5.74) is 0.547. The minimum Gasteiger partial charge on any atom is -0.364 e. The lowest BCUT2D eigenvalue weighted by atomic mass is 10.1. The van der Waals surface area contributed by atoms with Crippen LogP contribution >= 0.6 is 34.2 Å². The Morgan fingerprint density at radius 1 is 1.54 bits per heavy atom. The predicted octanol–water partition coefficient (Wildman–Crippen LogP) is 4.87. The fraction of sp³-hybridized carbons (Fsp3) is 0.333. The first-order valence-electron chi connectivity index (χ1n) is 6.94. The van der Waals surface area contributed by atoms with Crippen molar-refractivity contribution in [1.82, 2.24) is 9.55 Å². The van der Waals surface area contributed by atoms with Crippen molar-refractivity contribution in [2.75, 3.05) is 6.61 Å². The highest BCUT2D eigenvalue weighted by Gasteiger charge is 2.13. The molecule has 0 aliphatic heterocycles. The number of benzene rings is 1. The van der Waals surface area contributed by atoms with Gasteiger partial charge < -0.3 is 4.84 Å². The van der Waals surface area contributed by atoms with Crippen LogP contribution in [-0.2, 0) is 4.84 Å². The highest BCUT2D eigenvalue weighted by Crippen LogP contribution is 2.24. The van der Waals surface area contributed by atoms with Crippen molar-refractivity contribution in [2.45, 2.75) is 20.3 Å². The molecule has 2 rings (SSSR count). The van der Waals surface area contributed by atoms with Crippen LogP contribution < -0.4 is 0 Å². The van der Waals surface area contributed by atoms with Crippen molar-refractivity contribution in [2.24, 2.45) is 11.3 Å². The third kappa shape index (κ3) is 5.72. The molecular weight excluding hydrogens is 450 g/mol. The molecule has 24 heavy (non-hydrogen) atoms. The number of hydrogen-bond donors (Lipinski definition) is 0. The maximum Gasteiger partial charge on any atom is 0.172 e. The summed E-state index contributed by atoms with van der Waals surface area (Å²) >= 11 is 7.62. The first kappa shape index (κ1) is 20.3. The second-order valence-electron chi connectivity index (χ2n) is 5.03. The zero-order valence-corrected chi connectivity index (χ0v) is 16.0. The van der Waals surface area contributed by atoms with Gasteiger partial charge in [-0.1, -0.05) is 31.5 Å². The molecule has 0 spiro atoms. The summed E-state index contributed by atoms with van der Waals surface area (Å²) in [6.45, 7) is 4.57. The second-order valence-corrected chi connectivity index (χ2v) is 6.46. The number of hydrogen-bond acceptors (Lipinski definition) is 5. The Bertz CT molecular complexity index is 731. The van der Waals surface area contributed by atoms with Crippen LogP contribution in [0.5, 0.6) is 0 Å². The summed E-state index contributed by atoms with van der Waals surface area (Å²) in [4.78, 5) is 17.4. The molecule has 0 amide bonds. The normalized spacial score (nSPS) is 9.88. The molecule has 0 radical (unpaired) electrons. The molecule has 0 unspecified atom stereocenters. The molecule has 1 heterocycles. The average molecular weight is 465 g/mol. The third-order valence-electron chi connectivity index (χ3n) is 2.85. The van der Waals surface area contributed by atoms with E-state index in [4.69, 9.17) is 16.9 Å². The number of aromatic nitrogens is 2. The monoisotopic (exact) mass is 464 g/mol. The van der Waals surface area contributed by atoms with Gasteiger partial charge in [0.25, 0.3) is 0 Å². The molecule has 0 atom stereocenters. The summed E-state index contributed by atoms with van der Waals surface area (Å²) in [5.74, 6) is 0.0562. The third-order valence-corrected chi connectivity index (χ3v) is 4.17. The van der Waals surface area contributed by atoms with Crippen LogP contribution in [0.3, 0.4) is 0 Å². The van der Waals surface area contributed by atoms with Gasteiger partial charge >= 0.3 is 0 Å². The van der Waals surface area contributed by atoms with Gasteiger partial charge in [-0.15, -0.1) is 4.91 Å². The van der Waals surface area contributed by atoms with Crippen LogP contribution in [0.1, 0.15) is 26.0 Å². The Kier molecular flexibility index (Phi) is 8.63. The van der Waals surface area contributed by atoms with Crippen molar-refractivity contribution in [3.05, 3.63) is 49.7 Å². The molecule has 9 heteroatoms. The molecule has 0 bridgehead atoms. The van der Waals surface area contributed by atoms with E-state index in [1.54, 1.807) is 12.1 Å². The van der Waals surface area contributed by atoms with Gasteiger partial charge in [-0.05, 0) is 47.1 Å². The predicted molar refractivity (Wildman–Crippen MR) is 97.2 cm³/mol. The van der Waals surface area contributed by atoms with Crippen LogP contribution in [0, 0.1) is 31.7 Å². The zero-order chi connectivity index (χ0) is 18.1. The van der Waals surface area contributed by atoms with Crippen molar-refractivity contribution in [3.63, 3.8) is 0 Å². The van der Waals surface area contributed by atoms with Crippen LogP contribution in [0.2, 0.25) is 5.02 Å². The van der Waals surface area contributed by atoms with E-state index < -0.39 is 5.82 Å². The van der Waals surface area contributed by atoms with Gasteiger partial charge in [-0.25, -0.2) is 9.37 Å². The van der Waals surface area contributed by atoms with Gasteiger partial charge in [0, 0.05) is 0 Å². The van der Waals surface area contributed by atoms with Crippen molar-refractivity contribution in [3.8, 4) is 11.8 Å². The van der Waals surface area contributed by atoms with E-state index >= 15 is 0 Å². The molecule has 128 valence electrons. The van der Waals surface area contributed by atoms with Gasteiger partial charge in [0.15, 0.2) is 16.9 Å². The Labute approximate surface area is 157 Å². The molecular formula is C15H15ClFIN4O2. The Hall–Kier alpha value is -1.73. The summed E-state index contributed by atoms with van der Waals surface area (Å²) in [5, 5.41) is 11.1. The maximum absolute atomic E-state index is 13.7. The van der Waals surface area contributed by atoms with E-state index in [0.717, 1.165) is 6.42 Å². The number of nitriles is 1. The fourth-order valence-corrected chi connectivity index (χ4v) is 2.39. The highest BCUT2D eigenvalue weighted by atomic mass is 127. The first-order chi connectivity index (χ1) is 11.4. The molecule has 6 nitrogen and oxygen atoms in total. The topological polar surface area (TPSA) is 80.3 Å². The minimum absolute atomic E-state index is 0.0421. The Morgan fingerprint density at radius 3 is 2.79 bits per heavy atom. The fourth-order valence-electron chi connectivity index (χ4n) is 1.58. The minimum atomic E-state index is -0.524. The number of imidazole rings is 1. The summed E-state index contributed by atoms with van der Waals surface area (Å²) in [7, 11) is 0. The number of halogens is 3. The lowest BCUT2D eigenvalue weighted by Gasteiger charge is -2.06.